The number of fused-ring (bicyclic) bond motifs is 2. The van der Waals surface area contributed by atoms with E-state index in [0.717, 1.165) is 27.7 Å². The summed E-state index contributed by atoms with van der Waals surface area (Å²) in [7, 11) is 0. The highest BCUT2D eigenvalue weighted by atomic mass is 32.2. The van der Waals surface area contributed by atoms with Crippen molar-refractivity contribution in [2.75, 3.05) is 30.8 Å². The summed E-state index contributed by atoms with van der Waals surface area (Å²) in [5, 5.41) is 5.79. The van der Waals surface area contributed by atoms with Gasteiger partial charge in [0.15, 0.2) is 11.5 Å². The summed E-state index contributed by atoms with van der Waals surface area (Å²) in [5.41, 5.74) is 2.32. The van der Waals surface area contributed by atoms with Gasteiger partial charge in [-0.1, -0.05) is 6.07 Å². The number of amides is 2. The second-order valence-electron chi connectivity index (χ2n) is 6.34. The van der Waals surface area contributed by atoms with E-state index in [2.05, 4.69) is 10.6 Å². The largest absolute Gasteiger partial charge is 0.486 e. The zero-order valence-electron chi connectivity index (χ0n) is 14.7. The lowest BCUT2D eigenvalue weighted by atomic mass is 10.1. The fraction of sp³-hybridized carbons (Fsp3) is 0.300. The molecule has 0 atom stereocenters. The number of nitrogens with one attached hydrogen (secondary N) is 2. The van der Waals surface area contributed by atoms with Crippen LogP contribution in [0, 0.1) is 0 Å². The minimum absolute atomic E-state index is 0.0163. The van der Waals surface area contributed by atoms with Crippen LogP contribution in [-0.2, 0) is 11.2 Å². The molecule has 0 radical (unpaired) electrons. The molecule has 0 saturated heterocycles. The average molecular weight is 384 g/mol. The number of anilines is 1. The Kier molecular flexibility index (Phi) is 5.20. The van der Waals surface area contributed by atoms with Gasteiger partial charge < -0.3 is 20.1 Å². The van der Waals surface area contributed by atoms with E-state index < -0.39 is 0 Å². The third-order valence-electron chi connectivity index (χ3n) is 4.41. The van der Waals surface area contributed by atoms with Crippen molar-refractivity contribution in [1.82, 2.24) is 5.32 Å². The van der Waals surface area contributed by atoms with Crippen LogP contribution >= 0.6 is 11.8 Å². The molecule has 0 bridgehead atoms. The minimum Gasteiger partial charge on any atom is -0.486 e. The maximum absolute atomic E-state index is 12.4. The van der Waals surface area contributed by atoms with E-state index in [1.54, 1.807) is 23.9 Å². The van der Waals surface area contributed by atoms with Crippen molar-refractivity contribution < 1.29 is 19.1 Å². The molecule has 0 aromatic heterocycles. The molecule has 0 spiro atoms. The van der Waals surface area contributed by atoms with Crippen molar-refractivity contribution in [3.05, 3.63) is 47.5 Å². The SMILES string of the molecule is O=C1CCSc2ccc(C(=O)NCCc3ccc4c(c3)OCCO4)cc2N1. The van der Waals surface area contributed by atoms with E-state index in [1.807, 2.05) is 24.3 Å². The van der Waals surface area contributed by atoms with Gasteiger partial charge in [-0.15, -0.1) is 11.8 Å². The predicted octanol–water partition coefficient (Wildman–Crippen LogP) is 2.86. The molecule has 2 aliphatic heterocycles. The van der Waals surface area contributed by atoms with Crippen LogP contribution in [0.25, 0.3) is 0 Å². The van der Waals surface area contributed by atoms with Crippen molar-refractivity contribution in [3.8, 4) is 11.5 Å². The van der Waals surface area contributed by atoms with Crippen LogP contribution in [0.2, 0.25) is 0 Å². The van der Waals surface area contributed by atoms with Gasteiger partial charge in [0.25, 0.3) is 5.91 Å². The zero-order chi connectivity index (χ0) is 18.6. The smallest absolute Gasteiger partial charge is 0.251 e. The van der Waals surface area contributed by atoms with Crippen molar-refractivity contribution in [2.45, 2.75) is 17.7 Å². The summed E-state index contributed by atoms with van der Waals surface area (Å²) in [6.07, 6.45) is 1.18. The van der Waals surface area contributed by atoms with Crippen LogP contribution in [0.15, 0.2) is 41.3 Å². The third-order valence-corrected chi connectivity index (χ3v) is 5.48. The summed E-state index contributed by atoms with van der Waals surface area (Å²) in [4.78, 5) is 25.2. The maximum atomic E-state index is 12.4. The molecule has 2 aliphatic rings. The second kappa shape index (κ2) is 7.92. The molecule has 2 heterocycles. The molecule has 140 valence electrons. The van der Waals surface area contributed by atoms with Gasteiger partial charge in [0.2, 0.25) is 5.91 Å². The molecule has 0 saturated carbocycles. The van der Waals surface area contributed by atoms with Crippen molar-refractivity contribution in [2.24, 2.45) is 0 Å². The van der Waals surface area contributed by atoms with E-state index in [4.69, 9.17) is 9.47 Å². The first-order valence-corrected chi connectivity index (χ1v) is 9.91. The first-order chi connectivity index (χ1) is 13.2. The molecule has 0 fully saturated rings. The number of carbonyl (C=O) groups is 2. The second-order valence-corrected chi connectivity index (χ2v) is 7.48. The van der Waals surface area contributed by atoms with Gasteiger partial charge in [-0.05, 0) is 42.3 Å². The normalized spacial score (nSPS) is 15.3. The number of hydrogen-bond acceptors (Lipinski definition) is 5. The summed E-state index contributed by atoms with van der Waals surface area (Å²) in [6.45, 7) is 1.64. The molecule has 27 heavy (non-hydrogen) atoms. The highest BCUT2D eigenvalue weighted by Gasteiger charge is 2.16. The molecule has 0 unspecified atom stereocenters. The van der Waals surface area contributed by atoms with E-state index in [9.17, 15) is 9.59 Å². The fourth-order valence-corrected chi connectivity index (χ4v) is 3.96. The van der Waals surface area contributed by atoms with E-state index >= 15 is 0 Å². The van der Waals surface area contributed by atoms with Crippen LogP contribution in [-0.4, -0.2) is 37.3 Å². The maximum Gasteiger partial charge on any atom is 0.251 e. The molecular formula is C20H20N2O4S. The van der Waals surface area contributed by atoms with Gasteiger partial charge in [-0.2, -0.15) is 0 Å². The molecule has 2 aromatic rings. The number of rotatable bonds is 4. The minimum atomic E-state index is -0.154. The van der Waals surface area contributed by atoms with Crippen molar-refractivity contribution >= 4 is 29.3 Å². The molecule has 4 rings (SSSR count). The third kappa shape index (κ3) is 4.19. The van der Waals surface area contributed by atoms with Gasteiger partial charge in [0.1, 0.15) is 13.2 Å². The van der Waals surface area contributed by atoms with Crippen molar-refractivity contribution in [3.63, 3.8) is 0 Å². The van der Waals surface area contributed by atoms with Gasteiger partial charge in [-0.3, -0.25) is 9.59 Å². The van der Waals surface area contributed by atoms with E-state index in [0.29, 0.717) is 43.9 Å². The van der Waals surface area contributed by atoms with Crippen LogP contribution in [0.4, 0.5) is 5.69 Å². The van der Waals surface area contributed by atoms with Gasteiger partial charge >= 0.3 is 0 Å². The monoisotopic (exact) mass is 384 g/mol. The summed E-state index contributed by atoms with van der Waals surface area (Å²) in [5.74, 6) is 2.10. The highest BCUT2D eigenvalue weighted by Crippen LogP contribution is 2.32. The lowest BCUT2D eigenvalue weighted by Gasteiger charge is -2.18. The Morgan fingerprint density at radius 2 is 1.96 bits per heavy atom. The topological polar surface area (TPSA) is 76.7 Å². The molecule has 0 aliphatic carbocycles. The molecule has 2 aromatic carbocycles. The Balaban J connectivity index is 1.36. The molecule has 6 nitrogen and oxygen atoms in total. The summed E-state index contributed by atoms with van der Waals surface area (Å²) >= 11 is 1.62. The molecular weight excluding hydrogens is 364 g/mol. The number of benzene rings is 2. The van der Waals surface area contributed by atoms with Gasteiger partial charge in [0, 0.05) is 29.2 Å². The highest BCUT2D eigenvalue weighted by molar-refractivity contribution is 7.99. The Hall–Kier alpha value is -2.67. The van der Waals surface area contributed by atoms with Crippen LogP contribution < -0.4 is 20.1 Å². The standard InChI is InChI=1S/C20H20N2O4S/c23-19-6-10-27-18-4-2-14(12-15(18)22-19)20(24)21-7-5-13-1-3-16-17(11-13)26-9-8-25-16/h1-4,11-12H,5-10H2,(H,21,24)(H,22,23). The quantitative estimate of drug-likeness (QED) is 0.848. The van der Waals surface area contributed by atoms with Crippen LogP contribution in [0.5, 0.6) is 11.5 Å². The summed E-state index contributed by atoms with van der Waals surface area (Å²) < 4.78 is 11.1. The number of thioether (sulfide) groups is 1. The van der Waals surface area contributed by atoms with Gasteiger partial charge in [0.05, 0.1) is 5.69 Å². The number of carbonyl (C=O) groups excluding carboxylic acids is 2. The van der Waals surface area contributed by atoms with Crippen LogP contribution in [0.3, 0.4) is 0 Å². The Morgan fingerprint density at radius 1 is 1.11 bits per heavy atom. The van der Waals surface area contributed by atoms with Crippen molar-refractivity contribution in [1.29, 1.82) is 0 Å². The Morgan fingerprint density at radius 3 is 2.85 bits per heavy atom. The molecule has 2 amide bonds. The predicted molar refractivity (Wildman–Crippen MR) is 104 cm³/mol. The first kappa shape index (κ1) is 17.7. The fourth-order valence-electron chi connectivity index (χ4n) is 3.03. The molecule has 2 N–H and O–H groups in total. The summed E-state index contributed by atoms with van der Waals surface area (Å²) in [6, 6.07) is 11.3. The number of ether oxygens (including phenoxy) is 2. The van der Waals surface area contributed by atoms with Crippen LogP contribution in [0.1, 0.15) is 22.3 Å². The van der Waals surface area contributed by atoms with Gasteiger partial charge in [-0.25, -0.2) is 0 Å². The van der Waals surface area contributed by atoms with E-state index in [-0.39, 0.29) is 11.8 Å². The average Bonchev–Trinajstić information content (AvgIpc) is 2.87. The zero-order valence-corrected chi connectivity index (χ0v) is 15.6. The first-order valence-electron chi connectivity index (χ1n) is 8.92. The van der Waals surface area contributed by atoms with E-state index in [1.165, 1.54) is 0 Å². The lowest BCUT2D eigenvalue weighted by Crippen LogP contribution is -2.26. The number of hydrogen-bond donors (Lipinski definition) is 2. The lowest BCUT2D eigenvalue weighted by molar-refractivity contribution is -0.115. The Labute approximate surface area is 161 Å². The Bertz CT molecular complexity index is 884. The molecule has 7 heteroatoms.